The number of halogens is 2. The third-order valence-corrected chi connectivity index (χ3v) is 3.37. The van der Waals surface area contributed by atoms with Gasteiger partial charge in [-0.15, -0.1) is 0 Å². The van der Waals surface area contributed by atoms with E-state index in [-0.39, 0.29) is 11.3 Å². The van der Waals surface area contributed by atoms with E-state index < -0.39 is 11.7 Å². The number of methoxy groups -OCH3 is 1. The summed E-state index contributed by atoms with van der Waals surface area (Å²) < 4.78 is 18.9. The van der Waals surface area contributed by atoms with Gasteiger partial charge in [-0.05, 0) is 46.3 Å². The molecule has 0 atom stereocenters. The van der Waals surface area contributed by atoms with Crippen molar-refractivity contribution in [2.45, 2.75) is 0 Å². The first kappa shape index (κ1) is 14.3. The van der Waals surface area contributed by atoms with Gasteiger partial charge in [0.05, 0.1) is 18.4 Å². The molecule has 0 aliphatic rings. The van der Waals surface area contributed by atoms with Crippen molar-refractivity contribution in [3.8, 4) is 5.75 Å². The van der Waals surface area contributed by atoms with Crippen LogP contribution in [0.15, 0.2) is 40.9 Å². The van der Waals surface area contributed by atoms with Gasteiger partial charge in [0.25, 0.3) is 5.91 Å². The molecule has 1 amide bonds. The Kier molecular flexibility index (Phi) is 4.24. The van der Waals surface area contributed by atoms with Crippen LogP contribution in [0.2, 0.25) is 0 Å². The number of anilines is 2. The second kappa shape index (κ2) is 5.92. The number of ether oxygens (including phenoxy) is 1. The summed E-state index contributed by atoms with van der Waals surface area (Å²) in [5, 5.41) is 2.66. The Morgan fingerprint density at radius 3 is 2.75 bits per heavy atom. The van der Waals surface area contributed by atoms with Crippen molar-refractivity contribution in [2.75, 3.05) is 18.2 Å². The van der Waals surface area contributed by atoms with Crippen LogP contribution < -0.4 is 15.8 Å². The van der Waals surface area contributed by atoms with Crippen molar-refractivity contribution in [3.05, 3.63) is 52.3 Å². The van der Waals surface area contributed by atoms with Crippen molar-refractivity contribution in [1.82, 2.24) is 0 Å². The number of carbonyl (C=O) groups is 1. The number of amides is 1. The van der Waals surface area contributed by atoms with E-state index in [0.717, 1.165) is 6.07 Å². The van der Waals surface area contributed by atoms with E-state index in [1.807, 2.05) is 0 Å². The fraction of sp³-hybridized carbons (Fsp3) is 0.0714. The van der Waals surface area contributed by atoms with Gasteiger partial charge in [0.2, 0.25) is 0 Å². The lowest BCUT2D eigenvalue weighted by molar-refractivity contribution is 0.102. The predicted octanol–water partition coefficient (Wildman–Crippen LogP) is 3.43. The molecule has 0 saturated carbocycles. The number of carbonyl (C=O) groups excluding carboxylic acids is 1. The van der Waals surface area contributed by atoms with Crippen molar-refractivity contribution in [2.24, 2.45) is 0 Å². The molecule has 6 heteroatoms. The highest BCUT2D eigenvalue weighted by Crippen LogP contribution is 2.28. The first-order valence-electron chi connectivity index (χ1n) is 5.71. The van der Waals surface area contributed by atoms with Gasteiger partial charge < -0.3 is 15.8 Å². The number of nitrogens with one attached hydrogen (secondary N) is 1. The van der Waals surface area contributed by atoms with Gasteiger partial charge in [-0.1, -0.05) is 0 Å². The average molecular weight is 339 g/mol. The van der Waals surface area contributed by atoms with Gasteiger partial charge in [0, 0.05) is 16.2 Å². The van der Waals surface area contributed by atoms with Crippen LogP contribution in [0.4, 0.5) is 15.8 Å². The number of nitrogens with two attached hydrogens (primary N) is 1. The Morgan fingerprint density at radius 2 is 2.05 bits per heavy atom. The maximum Gasteiger partial charge on any atom is 0.257 e. The normalized spacial score (nSPS) is 10.2. The Labute approximate surface area is 123 Å². The first-order chi connectivity index (χ1) is 9.51. The summed E-state index contributed by atoms with van der Waals surface area (Å²) in [4.78, 5) is 12.1. The highest BCUT2D eigenvalue weighted by Gasteiger charge is 2.13. The molecule has 2 rings (SSSR count). The van der Waals surface area contributed by atoms with Gasteiger partial charge in [-0.25, -0.2) is 4.39 Å². The third kappa shape index (κ3) is 3.08. The number of benzene rings is 2. The Morgan fingerprint density at radius 1 is 1.30 bits per heavy atom. The van der Waals surface area contributed by atoms with Crippen molar-refractivity contribution in [1.29, 1.82) is 0 Å². The van der Waals surface area contributed by atoms with E-state index in [1.165, 1.54) is 19.2 Å². The minimum atomic E-state index is -0.519. The van der Waals surface area contributed by atoms with Crippen LogP contribution in [0.25, 0.3) is 0 Å². The lowest BCUT2D eigenvalue weighted by Gasteiger charge is -2.10. The minimum Gasteiger partial charge on any atom is -0.497 e. The zero-order valence-corrected chi connectivity index (χ0v) is 12.2. The summed E-state index contributed by atoms with van der Waals surface area (Å²) in [7, 11) is 1.53. The smallest absolute Gasteiger partial charge is 0.257 e. The number of rotatable bonds is 3. The first-order valence-corrected chi connectivity index (χ1v) is 6.50. The molecule has 0 unspecified atom stereocenters. The van der Waals surface area contributed by atoms with Crippen LogP contribution >= 0.6 is 15.9 Å². The van der Waals surface area contributed by atoms with E-state index in [9.17, 15) is 9.18 Å². The Balaban J connectivity index is 2.30. The summed E-state index contributed by atoms with van der Waals surface area (Å²) in [5.41, 5.74) is 6.48. The number of nitrogen functional groups attached to an aromatic ring is 1. The maximum absolute atomic E-state index is 13.2. The largest absolute Gasteiger partial charge is 0.497 e. The Bertz CT molecular complexity index is 662. The molecular formula is C14H12BrFN2O2. The average Bonchev–Trinajstić information content (AvgIpc) is 2.43. The van der Waals surface area contributed by atoms with E-state index >= 15 is 0 Å². The Hall–Kier alpha value is -2.08. The molecule has 0 aromatic heterocycles. The van der Waals surface area contributed by atoms with E-state index in [0.29, 0.717) is 15.9 Å². The van der Waals surface area contributed by atoms with Gasteiger partial charge in [-0.3, -0.25) is 4.79 Å². The lowest BCUT2D eigenvalue weighted by atomic mass is 10.1. The van der Waals surface area contributed by atoms with Crippen LogP contribution in [-0.4, -0.2) is 13.0 Å². The maximum atomic E-state index is 13.2. The highest BCUT2D eigenvalue weighted by atomic mass is 79.9. The molecule has 0 heterocycles. The quantitative estimate of drug-likeness (QED) is 0.842. The fourth-order valence-corrected chi connectivity index (χ4v) is 1.99. The van der Waals surface area contributed by atoms with Gasteiger partial charge in [0.15, 0.2) is 0 Å². The molecule has 2 aromatic rings. The summed E-state index contributed by atoms with van der Waals surface area (Å²) in [5.74, 6) is -0.416. The van der Waals surface area contributed by atoms with Crippen LogP contribution in [0.3, 0.4) is 0 Å². The molecule has 0 saturated heterocycles. The highest BCUT2D eigenvalue weighted by molar-refractivity contribution is 9.10. The molecule has 4 nitrogen and oxygen atoms in total. The summed E-state index contributed by atoms with van der Waals surface area (Å²) in [6.07, 6.45) is 0. The monoisotopic (exact) mass is 338 g/mol. The summed E-state index contributed by atoms with van der Waals surface area (Å²) in [6, 6.07) is 8.79. The molecule has 20 heavy (non-hydrogen) atoms. The summed E-state index contributed by atoms with van der Waals surface area (Å²) >= 11 is 3.32. The van der Waals surface area contributed by atoms with Crippen molar-refractivity contribution >= 4 is 33.2 Å². The van der Waals surface area contributed by atoms with Crippen LogP contribution in [-0.2, 0) is 0 Å². The minimum absolute atomic E-state index is 0.0831. The van der Waals surface area contributed by atoms with Crippen molar-refractivity contribution < 1.29 is 13.9 Å². The molecular weight excluding hydrogens is 327 g/mol. The zero-order valence-electron chi connectivity index (χ0n) is 10.6. The molecule has 0 fully saturated rings. The SMILES string of the molecule is COc1ccc(Br)c(NC(=O)c2cc(F)ccc2N)c1. The van der Waals surface area contributed by atoms with Gasteiger partial charge >= 0.3 is 0 Å². The van der Waals surface area contributed by atoms with Gasteiger partial charge in [0.1, 0.15) is 11.6 Å². The van der Waals surface area contributed by atoms with E-state index in [2.05, 4.69) is 21.2 Å². The fourth-order valence-electron chi connectivity index (χ4n) is 1.64. The molecule has 0 radical (unpaired) electrons. The molecule has 3 N–H and O–H groups in total. The van der Waals surface area contributed by atoms with E-state index in [1.54, 1.807) is 18.2 Å². The van der Waals surface area contributed by atoms with E-state index in [4.69, 9.17) is 10.5 Å². The zero-order chi connectivity index (χ0) is 14.7. The van der Waals surface area contributed by atoms with Crippen LogP contribution in [0.1, 0.15) is 10.4 Å². The van der Waals surface area contributed by atoms with Gasteiger partial charge in [-0.2, -0.15) is 0 Å². The second-order valence-electron chi connectivity index (χ2n) is 4.03. The topological polar surface area (TPSA) is 64.3 Å². The molecule has 2 aromatic carbocycles. The van der Waals surface area contributed by atoms with Crippen LogP contribution in [0.5, 0.6) is 5.75 Å². The standard InChI is InChI=1S/C14H12BrFN2O2/c1-20-9-3-4-11(15)13(7-9)18-14(19)10-6-8(16)2-5-12(10)17/h2-7H,17H2,1H3,(H,18,19). The molecule has 0 aliphatic carbocycles. The molecule has 0 bridgehead atoms. The second-order valence-corrected chi connectivity index (χ2v) is 4.89. The molecule has 104 valence electrons. The predicted molar refractivity (Wildman–Crippen MR) is 79.5 cm³/mol. The third-order valence-electron chi connectivity index (χ3n) is 2.68. The van der Waals surface area contributed by atoms with Crippen LogP contribution in [0, 0.1) is 5.82 Å². The molecule has 0 spiro atoms. The van der Waals surface area contributed by atoms with Crippen molar-refractivity contribution in [3.63, 3.8) is 0 Å². The number of hydrogen-bond acceptors (Lipinski definition) is 3. The molecule has 0 aliphatic heterocycles. The summed E-state index contributed by atoms with van der Waals surface area (Å²) in [6.45, 7) is 0. The lowest BCUT2D eigenvalue weighted by Crippen LogP contribution is -2.14. The number of hydrogen-bond donors (Lipinski definition) is 2.